The Morgan fingerprint density at radius 1 is 1.05 bits per heavy atom. The van der Waals surface area contributed by atoms with Crippen LogP contribution in [0.2, 0.25) is 0 Å². The normalized spacial score (nSPS) is 13.8. The van der Waals surface area contributed by atoms with Crippen LogP contribution in [-0.4, -0.2) is 34.6 Å². The topological polar surface area (TPSA) is 123 Å². The lowest BCUT2D eigenvalue weighted by Crippen LogP contribution is -2.23. The van der Waals surface area contributed by atoms with Gasteiger partial charge in [0.05, 0.1) is 17.3 Å². The Bertz CT molecular complexity index is 1470. The first kappa shape index (κ1) is 24.4. The predicted octanol–water partition coefficient (Wildman–Crippen LogP) is 4.73. The van der Waals surface area contributed by atoms with Crippen molar-refractivity contribution in [3.63, 3.8) is 0 Å². The van der Waals surface area contributed by atoms with Crippen LogP contribution in [0.4, 0.5) is 8.78 Å². The number of fused-ring (bicyclic) bond motifs is 1. The van der Waals surface area contributed by atoms with Crippen molar-refractivity contribution in [2.45, 2.75) is 31.9 Å². The molecule has 37 heavy (non-hydrogen) atoms. The molecule has 2 heterocycles. The van der Waals surface area contributed by atoms with E-state index in [-0.39, 0.29) is 40.5 Å². The van der Waals surface area contributed by atoms with Gasteiger partial charge in [0.1, 0.15) is 29.4 Å². The summed E-state index contributed by atoms with van der Waals surface area (Å²) in [4.78, 5) is 20.6. The van der Waals surface area contributed by atoms with Crippen LogP contribution in [0, 0.1) is 11.6 Å². The highest BCUT2D eigenvalue weighted by atomic mass is 19.1. The molecular formula is C27H24F2N4O4. The molecule has 190 valence electrons. The molecule has 5 rings (SSSR count). The molecule has 0 spiro atoms. The standard InChI is InChI=1S/C27H24F2N4O4/c1-14(30)13-35-17-4-5-18-21(12-17)32-8-6-22(18)37-26-19(28)10-15(11-20(26)29)25-24(27(31)34)23(7-9-33-25)36-16-2-3-16/h4-12,14,16H,2-3,13,30H2,1H3,(H2,31,34). The van der Waals surface area contributed by atoms with E-state index in [9.17, 15) is 4.79 Å². The summed E-state index contributed by atoms with van der Waals surface area (Å²) >= 11 is 0. The fourth-order valence-corrected chi connectivity index (χ4v) is 3.78. The highest BCUT2D eigenvalue weighted by Gasteiger charge is 2.28. The van der Waals surface area contributed by atoms with Crippen molar-refractivity contribution in [2.24, 2.45) is 11.5 Å². The van der Waals surface area contributed by atoms with Crippen molar-refractivity contribution in [2.75, 3.05) is 6.61 Å². The van der Waals surface area contributed by atoms with E-state index in [1.807, 2.05) is 6.92 Å². The second-order valence-electron chi connectivity index (χ2n) is 8.86. The average Bonchev–Trinajstić information content (AvgIpc) is 3.68. The van der Waals surface area contributed by atoms with E-state index in [2.05, 4.69) is 9.97 Å². The first-order valence-electron chi connectivity index (χ1n) is 11.7. The van der Waals surface area contributed by atoms with E-state index >= 15 is 8.78 Å². The number of hydrogen-bond donors (Lipinski definition) is 2. The van der Waals surface area contributed by atoms with Crippen LogP contribution in [0.15, 0.2) is 54.9 Å². The number of rotatable bonds is 9. The maximum Gasteiger partial charge on any atom is 0.254 e. The SMILES string of the molecule is CC(N)COc1ccc2c(Oc3c(F)cc(-c4nccc(OC5CC5)c4C(N)=O)cc3F)ccnc2c1. The van der Waals surface area contributed by atoms with Gasteiger partial charge in [-0.1, -0.05) is 0 Å². The van der Waals surface area contributed by atoms with Gasteiger partial charge in [0.25, 0.3) is 5.91 Å². The van der Waals surface area contributed by atoms with E-state index in [4.69, 9.17) is 25.7 Å². The summed E-state index contributed by atoms with van der Waals surface area (Å²) in [6.07, 6.45) is 4.56. The lowest BCUT2D eigenvalue weighted by Gasteiger charge is -2.15. The van der Waals surface area contributed by atoms with Crippen LogP contribution in [0.1, 0.15) is 30.1 Å². The number of nitrogens with two attached hydrogens (primary N) is 2. The number of carbonyl (C=O) groups excluding carboxylic acids is 1. The fourth-order valence-electron chi connectivity index (χ4n) is 3.78. The molecular weight excluding hydrogens is 482 g/mol. The number of hydrogen-bond acceptors (Lipinski definition) is 7. The smallest absolute Gasteiger partial charge is 0.254 e. The number of nitrogens with zero attached hydrogens (tertiary/aromatic N) is 2. The maximum atomic E-state index is 15.2. The third kappa shape index (κ3) is 5.29. The Morgan fingerprint density at radius 2 is 1.76 bits per heavy atom. The summed E-state index contributed by atoms with van der Waals surface area (Å²) in [5, 5.41) is 0.529. The van der Waals surface area contributed by atoms with Gasteiger partial charge in [-0.3, -0.25) is 14.8 Å². The second-order valence-corrected chi connectivity index (χ2v) is 8.86. The van der Waals surface area contributed by atoms with E-state index in [1.165, 1.54) is 24.5 Å². The van der Waals surface area contributed by atoms with E-state index in [1.54, 1.807) is 18.2 Å². The van der Waals surface area contributed by atoms with Gasteiger partial charge in [-0.2, -0.15) is 0 Å². The first-order chi connectivity index (χ1) is 17.8. The van der Waals surface area contributed by atoms with Crippen molar-refractivity contribution in [1.29, 1.82) is 0 Å². The van der Waals surface area contributed by atoms with Crippen molar-refractivity contribution >= 4 is 16.8 Å². The number of ether oxygens (including phenoxy) is 3. The summed E-state index contributed by atoms with van der Waals surface area (Å²) in [6.45, 7) is 2.15. The molecule has 4 aromatic rings. The molecule has 1 saturated carbocycles. The summed E-state index contributed by atoms with van der Waals surface area (Å²) in [6, 6.07) is 10.0. The number of carbonyl (C=O) groups is 1. The van der Waals surface area contributed by atoms with Gasteiger partial charge in [-0.05, 0) is 56.2 Å². The number of primary amides is 1. The minimum Gasteiger partial charge on any atom is -0.492 e. The van der Waals surface area contributed by atoms with Crippen molar-refractivity contribution in [3.05, 3.63) is 72.1 Å². The monoisotopic (exact) mass is 506 g/mol. The van der Waals surface area contributed by atoms with Gasteiger partial charge < -0.3 is 25.7 Å². The zero-order valence-corrected chi connectivity index (χ0v) is 19.9. The number of aromatic nitrogens is 2. The third-order valence-electron chi connectivity index (χ3n) is 5.65. The van der Waals surface area contributed by atoms with Gasteiger partial charge in [0, 0.05) is 35.5 Å². The number of benzene rings is 2. The molecule has 2 aromatic carbocycles. The van der Waals surface area contributed by atoms with Crippen LogP contribution < -0.4 is 25.7 Å². The van der Waals surface area contributed by atoms with Gasteiger partial charge in [-0.15, -0.1) is 0 Å². The van der Waals surface area contributed by atoms with E-state index < -0.39 is 23.3 Å². The Kier molecular flexibility index (Phi) is 6.58. The fraction of sp³-hybridized carbons (Fsp3) is 0.222. The summed E-state index contributed by atoms with van der Waals surface area (Å²) < 4.78 is 47.4. The van der Waals surface area contributed by atoms with Crippen LogP contribution in [0.3, 0.4) is 0 Å². The van der Waals surface area contributed by atoms with E-state index in [0.29, 0.717) is 23.3 Å². The molecule has 0 aliphatic heterocycles. The maximum absolute atomic E-state index is 15.2. The van der Waals surface area contributed by atoms with Gasteiger partial charge in [0.15, 0.2) is 17.4 Å². The molecule has 4 N–H and O–H groups in total. The largest absolute Gasteiger partial charge is 0.492 e. The lowest BCUT2D eigenvalue weighted by atomic mass is 10.0. The summed E-state index contributed by atoms with van der Waals surface area (Å²) in [7, 11) is 0. The third-order valence-corrected chi connectivity index (χ3v) is 5.65. The molecule has 1 fully saturated rings. The minimum absolute atomic E-state index is 0.0142. The number of amides is 1. The average molecular weight is 507 g/mol. The molecule has 1 aliphatic carbocycles. The van der Waals surface area contributed by atoms with Gasteiger partial charge >= 0.3 is 0 Å². The van der Waals surface area contributed by atoms with Crippen LogP contribution in [0.25, 0.3) is 22.2 Å². The van der Waals surface area contributed by atoms with E-state index in [0.717, 1.165) is 25.0 Å². The molecule has 1 atom stereocenters. The Morgan fingerprint density at radius 3 is 2.43 bits per heavy atom. The second kappa shape index (κ2) is 9.98. The molecule has 10 heteroatoms. The molecule has 2 aromatic heterocycles. The van der Waals surface area contributed by atoms with Crippen LogP contribution >= 0.6 is 0 Å². The van der Waals surface area contributed by atoms with Crippen molar-refractivity contribution in [3.8, 4) is 34.3 Å². The Balaban J connectivity index is 1.47. The molecule has 0 saturated heterocycles. The molecule has 1 aliphatic rings. The summed E-state index contributed by atoms with van der Waals surface area (Å²) in [5.74, 6) is -2.40. The number of halogens is 2. The molecule has 0 bridgehead atoms. The lowest BCUT2D eigenvalue weighted by molar-refractivity contribution is 0.0996. The summed E-state index contributed by atoms with van der Waals surface area (Å²) in [5.41, 5.74) is 11.8. The van der Waals surface area contributed by atoms with Gasteiger partial charge in [-0.25, -0.2) is 8.78 Å². The zero-order chi connectivity index (χ0) is 26.1. The quantitative estimate of drug-likeness (QED) is 0.336. The molecule has 1 amide bonds. The predicted molar refractivity (Wildman–Crippen MR) is 133 cm³/mol. The molecule has 0 radical (unpaired) electrons. The molecule has 1 unspecified atom stereocenters. The Labute approximate surface area is 211 Å². The highest BCUT2D eigenvalue weighted by Crippen LogP contribution is 2.38. The number of pyridine rings is 2. The van der Waals surface area contributed by atoms with Crippen molar-refractivity contribution in [1.82, 2.24) is 9.97 Å². The first-order valence-corrected chi connectivity index (χ1v) is 11.7. The molecule has 8 nitrogen and oxygen atoms in total. The van der Waals surface area contributed by atoms with Crippen LogP contribution in [0.5, 0.6) is 23.0 Å². The van der Waals surface area contributed by atoms with Gasteiger partial charge in [0.2, 0.25) is 0 Å². The highest BCUT2D eigenvalue weighted by molar-refractivity contribution is 6.01. The van der Waals surface area contributed by atoms with Crippen LogP contribution in [-0.2, 0) is 0 Å². The minimum atomic E-state index is -0.984. The zero-order valence-electron chi connectivity index (χ0n) is 19.9. The van der Waals surface area contributed by atoms with Crippen molar-refractivity contribution < 1.29 is 27.8 Å². The Hall–Kier alpha value is -4.31.